The lowest BCUT2D eigenvalue weighted by Gasteiger charge is -2.34. The molecule has 3 heterocycles. The first-order chi connectivity index (χ1) is 14.6. The molecule has 0 radical (unpaired) electrons. The van der Waals surface area contributed by atoms with Crippen LogP contribution in [0.3, 0.4) is 0 Å². The van der Waals surface area contributed by atoms with Gasteiger partial charge in [0.1, 0.15) is 11.5 Å². The van der Waals surface area contributed by atoms with Gasteiger partial charge in [0.15, 0.2) is 11.3 Å². The number of fused-ring (bicyclic) bond motifs is 1. The number of piperazine rings is 1. The van der Waals surface area contributed by atoms with E-state index in [0.29, 0.717) is 37.2 Å². The standard InChI is InChI=1S/C20H18BrF4N5O/c1-12-9-15(20(23,24)25)30-18(26-12)16(21)17(27-30)19(31)29-7-5-28(6-8-29)11-13-3-2-4-14(22)10-13/h2-4,9-10H,5-8,11H2,1H3. The Hall–Kier alpha value is -2.53. The molecule has 1 saturated heterocycles. The molecule has 2 aromatic heterocycles. The number of benzene rings is 1. The van der Waals surface area contributed by atoms with Crippen molar-refractivity contribution in [2.45, 2.75) is 19.6 Å². The number of carbonyl (C=O) groups excluding carboxylic acids is 1. The summed E-state index contributed by atoms with van der Waals surface area (Å²) in [6.45, 7) is 3.88. The Bertz CT molecular complexity index is 1140. The average Bonchev–Trinajstić information content (AvgIpc) is 3.03. The lowest BCUT2D eigenvalue weighted by Crippen LogP contribution is -2.48. The zero-order chi connectivity index (χ0) is 22.3. The molecule has 31 heavy (non-hydrogen) atoms. The van der Waals surface area contributed by atoms with Gasteiger partial charge in [0, 0.05) is 38.4 Å². The molecule has 0 atom stereocenters. The first-order valence-electron chi connectivity index (χ1n) is 9.52. The Labute approximate surface area is 183 Å². The molecule has 1 fully saturated rings. The van der Waals surface area contributed by atoms with Crippen molar-refractivity contribution in [1.82, 2.24) is 24.4 Å². The Kier molecular flexibility index (Phi) is 5.73. The van der Waals surface area contributed by atoms with Crippen LogP contribution in [0.5, 0.6) is 0 Å². The fraction of sp³-hybridized carbons (Fsp3) is 0.350. The lowest BCUT2D eigenvalue weighted by molar-refractivity contribution is -0.142. The third kappa shape index (κ3) is 4.42. The van der Waals surface area contributed by atoms with E-state index in [0.717, 1.165) is 11.6 Å². The largest absolute Gasteiger partial charge is 0.433 e. The molecule has 1 amide bonds. The minimum absolute atomic E-state index is 0.0552. The first-order valence-corrected chi connectivity index (χ1v) is 10.3. The second-order valence-electron chi connectivity index (χ2n) is 7.38. The maximum Gasteiger partial charge on any atom is 0.433 e. The van der Waals surface area contributed by atoms with Gasteiger partial charge in [0.05, 0.1) is 4.47 Å². The number of aryl methyl sites for hydroxylation is 1. The van der Waals surface area contributed by atoms with Crippen LogP contribution in [0.25, 0.3) is 5.65 Å². The number of halogens is 5. The van der Waals surface area contributed by atoms with Crippen molar-refractivity contribution >= 4 is 27.5 Å². The van der Waals surface area contributed by atoms with E-state index in [9.17, 15) is 22.4 Å². The van der Waals surface area contributed by atoms with Crippen molar-refractivity contribution in [3.05, 3.63) is 63.3 Å². The quantitative estimate of drug-likeness (QED) is 0.512. The molecule has 0 aliphatic carbocycles. The maximum atomic E-state index is 13.4. The van der Waals surface area contributed by atoms with E-state index < -0.39 is 17.8 Å². The van der Waals surface area contributed by atoms with Gasteiger partial charge in [-0.1, -0.05) is 12.1 Å². The van der Waals surface area contributed by atoms with Crippen molar-refractivity contribution in [1.29, 1.82) is 0 Å². The molecule has 0 N–H and O–H groups in total. The van der Waals surface area contributed by atoms with Crippen molar-refractivity contribution in [2.75, 3.05) is 26.2 Å². The van der Waals surface area contributed by atoms with Crippen LogP contribution in [0.4, 0.5) is 17.6 Å². The number of carbonyl (C=O) groups is 1. The van der Waals surface area contributed by atoms with Gasteiger partial charge in [0.25, 0.3) is 5.91 Å². The van der Waals surface area contributed by atoms with Gasteiger partial charge in [-0.3, -0.25) is 9.69 Å². The van der Waals surface area contributed by atoms with Gasteiger partial charge in [-0.25, -0.2) is 13.9 Å². The summed E-state index contributed by atoms with van der Waals surface area (Å²) >= 11 is 3.21. The van der Waals surface area contributed by atoms with E-state index in [1.54, 1.807) is 11.0 Å². The summed E-state index contributed by atoms with van der Waals surface area (Å²) in [5, 5.41) is 3.93. The molecular formula is C20H18BrF4N5O. The molecule has 4 rings (SSSR count). The summed E-state index contributed by atoms with van der Waals surface area (Å²) in [5.74, 6) is -0.765. The second kappa shape index (κ2) is 8.19. The van der Waals surface area contributed by atoms with E-state index >= 15 is 0 Å². The average molecular weight is 500 g/mol. The lowest BCUT2D eigenvalue weighted by atomic mass is 10.2. The molecule has 0 bridgehead atoms. The number of amides is 1. The number of aromatic nitrogens is 3. The number of nitrogens with zero attached hydrogens (tertiary/aromatic N) is 5. The van der Waals surface area contributed by atoms with Gasteiger partial charge in [-0.15, -0.1) is 0 Å². The first kappa shape index (κ1) is 21.7. The summed E-state index contributed by atoms with van der Waals surface area (Å²) in [6, 6.07) is 7.23. The van der Waals surface area contributed by atoms with Gasteiger partial charge >= 0.3 is 6.18 Å². The molecule has 164 valence electrons. The fourth-order valence-electron chi connectivity index (χ4n) is 3.60. The molecule has 3 aromatic rings. The summed E-state index contributed by atoms with van der Waals surface area (Å²) in [6.07, 6.45) is -4.64. The smallest absolute Gasteiger partial charge is 0.335 e. The Morgan fingerprint density at radius 3 is 2.52 bits per heavy atom. The van der Waals surface area contributed by atoms with Gasteiger partial charge in [0.2, 0.25) is 0 Å². The summed E-state index contributed by atoms with van der Waals surface area (Å²) < 4.78 is 54.4. The van der Waals surface area contributed by atoms with Crippen LogP contribution >= 0.6 is 15.9 Å². The minimum atomic E-state index is -4.64. The number of alkyl halides is 3. The van der Waals surface area contributed by atoms with Crippen molar-refractivity contribution < 1.29 is 22.4 Å². The topological polar surface area (TPSA) is 53.7 Å². The summed E-state index contributed by atoms with van der Waals surface area (Å²) in [7, 11) is 0. The van der Waals surface area contributed by atoms with Crippen molar-refractivity contribution in [3.63, 3.8) is 0 Å². The zero-order valence-corrected chi connectivity index (χ0v) is 18.0. The highest BCUT2D eigenvalue weighted by Gasteiger charge is 2.36. The van der Waals surface area contributed by atoms with Crippen LogP contribution in [0.1, 0.15) is 27.4 Å². The van der Waals surface area contributed by atoms with Crippen LogP contribution < -0.4 is 0 Å². The molecule has 0 spiro atoms. The molecule has 1 aliphatic rings. The van der Waals surface area contributed by atoms with E-state index in [1.807, 2.05) is 6.07 Å². The predicted octanol–water partition coefficient (Wildman–Crippen LogP) is 3.92. The van der Waals surface area contributed by atoms with E-state index in [2.05, 4.69) is 30.9 Å². The molecule has 1 aromatic carbocycles. The van der Waals surface area contributed by atoms with Crippen LogP contribution in [0.15, 0.2) is 34.8 Å². The molecule has 11 heteroatoms. The number of rotatable bonds is 3. The third-order valence-electron chi connectivity index (χ3n) is 5.11. The number of hydrogen-bond donors (Lipinski definition) is 0. The number of hydrogen-bond acceptors (Lipinski definition) is 4. The molecule has 1 aliphatic heterocycles. The van der Waals surface area contributed by atoms with Gasteiger partial charge in [-0.2, -0.15) is 18.3 Å². The van der Waals surface area contributed by atoms with E-state index in [4.69, 9.17) is 0 Å². The highest BCUT2D eigenvalue weighted by atomic mass is 79.9. The molecule has 6 nitrogen and oxygen atoms in total. The van der Waals surface area contributed by atoms with Crippen molar-refractivity contribution in [3.8, 4) is 0 Å². The highest BCUT2D eigenvalue weighted by Crippen LogP contribution is 2.32. The van der Waals surface area contributed by atoms with E-state index in [-0.39, 0.29) is 27.3 Å². The minimum Gasteiger partial charge on any atom is -0.335 e. The maximum absolute atomic E-state index is 13.4. The normalized spacial score (nSPS) is 15.6. The summed E-state index contributed by atoms with van der Waals surface area (Å²) in [4.78, 5) is 20.7. The van der Waals surface area contributed by atoms with Crippen LogP contribution in [0.2, 0.25) is 0 Å². The third-order valence-corrected chi connectivity index (χ3v) is 5.84. The van der Waals surface area contributed by atoms with Crippen LogP contribution in [0, 0.1) is 12.7 Å². The molecular weight excluding hydrogens is 482 g/mol. The zero-order valence-electron chi connectivity index (χ0n) is 16.5. The van der Waals surface area contributed by atoms with Crippen LogP contribution in [-0.4, -0.2) is 56.5 Å². The Morgan fingerprint density at radius 1 is 1.16 bits per heavy atom. The molecule has 0 unspecified atom stereocenters. The predicted molar refractivity (Wildman–Crippen MR) is 108 cm³/mol. The van der Waals surface area contributed by atoms with E-state index in [1.165, 1.54) is 19.1 Å². The Balaban J connectivity index is 1.52. The van der Waals surface area contributed by atoms with Gasteiger partial charge < -0.3 is 4.90 Å². The fourth-order valence-corrected chi connectivity index (χ4v) is 4.11. The monoisotopic (exact) mass is 499 g/mol. The van der Waals surface area contributed by atoms with Gasteiger partial charge in [-0.05, 0) is 46.6 Å². The SMILES string of the molecule is Cc1cc(C(F)(F)F)n2nc(C(=O)N3CCN(Cc4cccc(F)c4)CC3)c(Br)c2n1. The molecule has 0 saturated carbocycles. The van der Waals surface area contributed by atoms with Crippen LogP contribution in [-0.2, 0) is 12.7 Å². The Morgan fingerprint density at radius 2 is 1.87 bits per heavy atom. The van der Waals surface area contributed by atoms with Crippen molar-refractivity contribution in [2.24, 2.45) is 0 Å². The summed E-state index contributed by atoms with van der Waals surface area (Å²) in [5.41, 5.74) is -0.147. The second-order valence-corrected chi connectivity index (χ2v) is 8.17. The highest BCUT2D eigenvalue weighted by molar-refractivity contribution is 9.10.